The van der Waals surface area contributed by atoms with Crippen LogP contribution in [0.1, 0.15) is 54.8 Å². The third-order valence-electron chi connectivity index (χ3n) is 5.33. The van der Waals surface area contributed by atoms with E-state index in [0.717, 1.165) is 15.9 Å². The maximum absolute atomic E-state index is 5.01. The molecule has 3 nitrogen and oxygen atoms in total. The fraction of sp³-hybridized carbons (Fsp3) is 0.381. The van der Waals surface area contributed by atoms with Crippen LogP contribution in [-0.4, -0.2) is 9.38 Å². The second-order valence-electron chi connectivity index (χ2n) is 7.15. The van der Waals surface area contributed by atoms with Crippen LogP contribution in [0.3, 0.4) is 0 Å². The van der Waals surface area contributed by atoms with E-state index in [4.69, 9.17) is 4.98 Å². The Morgan fingerprint density at radius 3 is 2.48 bits per heavy atom. The van der Waals surface area contributed by atoms with Gasteiger partial charge in [-0.25, -0.2) is 4.98 Å². The van der Waals surface area contributed by atoms with Gasteiger partial charge in [0.1, 0.15) is 11.5 Å². The van der Waals surface area contributed by atoms with Crippen molar-refractivity contribution in [2.75, 3.05) is 5.32 Å². The van der Waals surface area contributed by atoms with E-state index in [1.54, 1.807) is 0 Å². The van der Waals surface area contributed by atoms with Crippen LogP contribution in [-0.2, 0) is 0 Å². The average Bonchev–Trinajstić information content (AvgIpc) is 2.97. The standard InChI is InChI=1S/C21H24BrN3/c1-14-7-6-8-15(2)19(14)24-21-20(16-9-4-3-5-10-16)23-18-12-11-17(22)13-25(18)21/h6-8,11-13,16,24H,3-5,9-10H2,1-2H3. The molecule has 2 aromatic heterocycles. The minimum absolute atomic E-state index is 0.555. The second-order valence-corrected chi connectivity index (χ2v) is 8.06. The van der Waals surface area contributed by atoms with Crippen molar-refractivity contribution >= 4 is 33.1 Å². The van der Waals surface area contributed by atoms with Gasteiger partial charge in [-0.15, -0.1) is 0 Å². The molecule has 25 heavy (non-hydrogen) atoms. The van der Waals surface area contributed by atoms with Gasteiger partial charge in [-0.1, -0.05) is 37.5 Å². The lowest BCUT2D eigenvalue weighted by Crippen LogP contribution is -2.08. The highest BCUT2D eigenvalue weighted by Crippen LogP contribution is 2.38. The van der Waals surface area contributed by atoms with Gasteiger partial charge in [-0.05, 0) is 65.9 Å². The number of rotatable bonds is 3. The van der Waals surface area contributed by atoms with E-state index in [0.29, 0.717) is 5.92 Å². The summed E-state index contributed by atoms with van der Waals surface area (Å²) in [5.74, 6) is 1.68. The summed E-state index contributed by atoms with van der Waals surface area (Å²) in [6.45, 7) is 4.32. The smallest absolute Gasteiger partial charge is 0.138 e. The largest absolute Gasteiger partial charge is 0.339 e. The molecule has 1 N–H and O–H groups in total. The number of hydrogen-bond acceptors (Lipinski definition) is 2. The predicted molar refractivity (Wildman–Crippen MR) is 108 cm³/mol. The van der Waals surface area contributed by atoms with E-state index in [1.807, 2.05) is 0 Å². The fourth-order valence-corrected chi connectivity index (χ4v) is 4.29. The van der Waals surface area contributed by atoms with Gasteiger partial charge in [-0.3, -0.25) is 4.40 Å². The van der Waals surface area contributed by atoms with E-state index in [1.165, 1.54) is 54.6 Å². The number of fused-ring (bicyclic) bond motifs is 1. The quantitative estimate of drug-likeness (QED) is 0.545. The van der Waals surface area contributed by atoms with Crippen molar-refractivity contribution in [2.45, 2.75) is 51.9 Å². The minimum atomic E-state index is 0.555. The Bertz CT molecular complexity index is 887. The topological polar surface area (TPSA) is 29.3 Å². The maximum atomic E-state index is 5.01. The Hall–Kier alpha value is -1.81. The van der Waals surface area contributed by atoms with Crippen molar-refractivity contribution in [1.82, 2.24) is 9.38 Å². The molecule has 2 heterocycles. The molecule has 0 bridgehead atoms. The van der Waals surface area contributed by atoms with Crippen molar-refractivity contribution in [3.8, 4) is 0 Å². The molecule has 1 aromatic carbocycles. The number of para-hydroxylation sites is 1. The molecule has 4 rings (SSSR count). The summed E-state index contributed by atoms with van der Waals surface area (Å²) in [7, 11) is 0. The molecule has 1 aliphatic rings. The summed E-state index contributed by atoms with van der Waals surface area (Å²) >= 11 is 3.61. The number of halogens is 1. The Balaban J connectivity index is 1.86. The summed E-state index contributed by atoms with van der Waals surface area (Å²) in [5.41, 5.74) is 5.96. The summed E-state index contributed by atoms with van der Waals surface area (Å²) in [6, 6.07) is 10.6. The first-order chi connectivity index (χ1) is 12.1. The third kappa shape index (κ3) is 3.20. The lowest BCUT2D eigenvalue weighted by atomic mass is 9.87. The molecule has 4 heteroatoms. The highest BCUT2D eigenvalue weighted by atomic mass is 79.9. The molecular weight excluding hydrogens is 374 g/mol. The zero-order chi connectivity index (χ0) is 17.4. The van der Waals surface area contributed by atoms with Gasteiger partial charge in [0.05, 0.1) is 5.69 Å². The molecule has 1 aliphatic carbocycles. The van der Waals surface area contributed by atoms with Crippen LogP contribution < -0.4 is 5.32 Å². The molecule has 0 saturated heterocycles. The molecule has 0 aliphatic heterocycles. The summed E-state index contributed by atoms with van der Waals surface area (Å²) in [4.78, 5) is 5.01. The van der Waals surface area contributed by atoms with Crippen molar-refractivity contribution < 1.29 is 0 Å². The number of aryl methyl sites for hydroxylation is 2. The molecule has 0 atom stereocenters. The van der Waals surface area contributed by atoms with Gasteiger partial charge in [0.2, 0.25) is 0 Å². The summed E-state index contributed by atoms with van der Waals surface area (Å²) in [5, 5.41) is 3.74. The molecule has 130 valence electrons. The molecule has 1 fully saturated rings. The van der Waals surface area contributed by atoms with Crippen LogP contribution in [0, 0.1) is 13.8 Å². The molecule has 0 radical (unpaired) electrons. The maximum Gasteiger partial charge on any atom is 0.138 e. The number of aromatic nitrogens is 2. The first-order valence-corrected chi connectivity index (χ1v) is 9.93. The van der Waals surface area contributed by atoms with Crippen molar-refractivity contribution in [3.63, 3.8) is 0 Å². The molecular formula is C21H24BrN3. The highest BCUT2D eigenvalue weighted by Gasteiger charge is 2.24. The number of pyridine rings is 1. The molecule has 1 saturated carbocycles. The van der Waals surface area contributed by atoms with Crippen molar-refractivity contribution in [2.24, 2.45) is 0 Å². The van der Waals surface area contributed by atoms with Gasteiger partial charge in [0.25, 0.3) is 0 Å². The fourth-order valence-electron chi connectivity index (χ4n) is 3.95. The van der Waals surface area contributed by atoms with Crippen molar-refractivity contribution in [3.05, 3.63) is 57.8 Å². The van der Waals surface area contributed by atoms with E-state index in [9.17, 15) is 0 Å². The zero-order valence-corrected chi connectivity index (χ0v) is 16.4. The molecule has 0 spiro atoms. The monoisotopic (exact) mass is 397 g/mol. The zero-order valence-electron chi connectivity index (χ0n) is 14.8. The number of nitrogens with zero attached hydrogens (tertiary/aromatic N) is 2. The number of benzene rings is 1. The lowest BCUT2D eigenvalue weighted by molar-refractivity contribution is 0.439. The normalized spacial score (nSPS) is 15.6. The van der Waals surface area contributed by atoms with Crippen LogP contribution >= 0.6 is 15.9 Å². The number of anilines is 2. The molecule has 0 unspecified atom stereocenters. The van der Waals surface area contributed by atoms with E-state index >= 15 is 0 Å². The lowest BCUT2D eigenvalue weighted by Gasteiger charge is -2.22. The molecule has 3 aromatic rings. The average molecular weight is 398 g/mol. The first-order valence-electron chi connectivity index (χ1n) is 9.14. The van der Waals surface area contributed by atoms with Crippen molar-refractivity contribution in [1.29, 1.82) is 0 Å². The van der Waals surface area contributed by atoms with E-state index < -0.39 is 0 Å². The SMILES string of the molecule is Cc1cccc(C)c1Nc1c(C2CCCCC2)nc2ccc(Br)cn12. The van der Waals surface area contributed by atoms with E-state index in [-0.39, 0.29) is 0 Å². The summed E-state index contributed by atoms with van der Waals surface area (Å²) in [6.07, 6.45) is 8.58. The minimum Gasteiger partial charge on any atom is -0.339 e. The van der Waals surface area contributed by atoms with E-state index in [2.05, 4.69) is 76.0 Å². The predicted octanol–water partition coefficient (Wildman–Crippen LogP) is 6.50. The van der Waals surface area contributed by atoms with Crippen LogP contribution in [0.5, 0.6) is 0 Å². The van der Waals surface area contributed by atoms with Gasteiger partial charge in [0.15, 0.2) is 0 Å². The Morgan fingerprint density at radius 2 is 1.76 bits per heavy atom. The van der Waals surface area contributed by atoms with Crippen LogP contribution in [0.25, 0.3) is 5.65 Å². The van der Waals surface area contributed by atoms with Gasteiger partial charge >= 0.3 is 0 Å². The van der Waals surface area contributed by atoms with Gasteiger partial charge in [0, 0.05) is 22.3 Å². The number of imidazole rings is 1. The Morgan fingerprint density at radius 1 is 1.04 bits per heavy atom. The number of nitrogens with one attached hydrogen (secondary N) is 1. The first kappa shape index (κ1) is 16.6. The highest BCUT2D eigenvalue weighted by molar-refractivity contribution is 9.10. The second kappa shape index (κ2) is 6.83. The van der Waals surface area contributed by atoms with Gasteiger partial charge in [-0.2, -0.15) is 0 Å². The van der Waals surface area contributed by atoms with Crippen LogP contribution in [0.4, 0.5) is 11.5 Å². The Labute approximate surface area is 157 Å². The number of hydrogen-bond donors (Lipinski definition) is 1. The summed E-state index contributed by atoms with van der Waals surface area (Å²) < 4.78 is 3.26. The van der Waals surface area contributed by atoms with Crippen LogP contribution in [0.15, 0.2) is 41.0 Å². The third-order valence-corrected chi connectivity index (χ3v) is 5.79. The Kier molecular flexibility index (Phi) is 4.55. The van der Waals surface area contributed by atoms with Gasteiger partial charge < -0.3 is 5.32 Å². The molecule has 0 amide bonds. The van der Waals surface area contributed by atoms with Crippen LogP contribution in [0.2, 0.25) is 0 Å².